The van der Waals surface area contributed by atoms with Gasteiger partial charge in [-0.1, -0.05) is 19.9 Å². The minimum atomic E-state index is -1.21. The maximum absolute atomic E-state index is 11.1. The molecule has 1 aromatic rings. The Hall–Kier alpha value is -1.66. The van der Waals surface area contributed by atoms with Crippen molar-refractivity contribution in [2.75, 3.05) is 13.2 Å². The van der Waals surface area contributed by atoms with E-state index in [2.05, 4.69) is 0 Å². The zero-order valence-electron chi connectivity index (χ0n) is 11.2. The Kier molecular flexibility index (Phi) is 3.24. The van der Waals surface area contributed by atoms with E-state index in [9.17, 15) is 15.2 Å². The third kappa shape index (κ3) is 2.54. The molecular weight excluding hydrogens is 250 g/mol. The summed E-state index contributed by atoms with van der Waals surface area (Å²) in [6.45, 7) is 6.46. The lowest BCUT2D eigenvalue weighted by molar-refractivity contribution is -0.391. The number of ether oxygens (including phenoxy) is 2. The highest BCUT2D eigenvalue weighted by Gasteiger charge is 2.43. The molecule has 104 valence electrons. The molecule has 0 amide bonds. The van der Waals surface area contributed by atoms with Crippen LogP contribution in [-0.2, 0) is 15.3 Å². The van der Waals surface area contributed by atoms with Gasteiger partial charge >= 0.3 is 5.69 Å². The zero-order valence-corrected chi connectivity index (χ0v) is 11.2. The van der Waals surface area contributed by atoms with Crippen LogP contribution in [0.1, 0.15) is 26.3 Å². The molecule has 0 unspecified atom stereocenters. The van der Waals surface area contributed by atoms with Crippen molar-refractivity contribution in [3.8, 4) is 5.75 Å². The quantitative estimate of drug-likeness (QED) is 0.657. The van der Waals surface area contributed by atoms with Gasteiger partial charge in [-0.05, 0) is 19.1 Å². The van der Waals surface area contributed by atoms with Gasteiger partial charge in [0.25, 0.3) is 0 Å². The van der Waals surface area contributed by atoms with Gasteiger partial charge in [-0.25, -0.2) is 0 Å². The Morgan fingerprint density at radius 1 is 1.26 bits per heavy atom. The second kappa shape index (κ2) is 4.47. The van der Waals surface area contributed by atoms with Gasteiger partial charge in [-0.15, -0.1) is 0 Å². The van der Waals surface area contributed by atoms with E-state index in [1.54, 1.807) is 6.92 Å². The normalized spacial score (nSPS) is 21.0. The summed E-state index contributed by atoms with van der Waals surface area (Å²) in [5.41, 5.74) is -0.275. The first-order chi connectivity index (χ1) is 8.75. The van der Waals surface area contributed by atoms with Gasteiger partial charge in [0.05, 0.1) is 23.7 Å². The zero-order chi connectivity index (χ0) is 14.3. The SMILES string of the molecule is CC1(C)COC(C)(c2cccc(O)c2[N+](=O)[O-])OC1. The standard InChI is InChI=1S/C13H17NO5/c1-12(2)7-18-13(3,19-8-12)9-5-4-6-10(15)11(9)14(16)17/h4-6,15H,7-8H2,1-3H3. The van der Waals surface area contributed by atoms with E-state index in [0.29, 0.717) is 13.2 Å². The van der Waals surface area contributed by atoms with Crippen molar-refractivity contribution >= 4 is 5.69 Å². The number of phenols is 1. The van der Waals surface area contributed by atoms with E-state index in [1.165, 1.54) is 18.2 Å². The summed E-state index contributed by atoms with van der Waals surface area (Å²) < 4.78 is 11.3. The molecule has 1 heterocycles. The van der Waals surface area contributed by atoms with Gasteiger partial charge in [-0.2, -0.15) is 0 Å². The number of nitrogens with zero attached hydrogens (tertiary/aromatic N) is 1. The summed E-state index contributed by atoms with van der Waals surface area (Å²) in [6.07, 6.45) is 0. The van der Waals surface area contributed by atoms with E-state index in [0.717, 1.165) is 0 Å². The van der Waals surface area contributed by atoms with Gasteiger partial charge in [0.2, 0.25) is 0 Å². The number of rotatable bonds is 2. The van der Waals surface area contributed by atoms with Crippen LogP contribution < -0.4 is 0 Å². The van der Waals surface area contributed by atoms with Crippen molar-refractivity contribution in [3.63, 3.8) is 0 Å². The summed E-state index contributed by atoms with van der Waals surface area (Å²) in [5, 5.41) is 20.7. The monoisotopic (exact) mass is 267 g/mol. The lowest BCUT2D eigenvalue weighted by Gasteiger charge is -2.41. The lowest BCUT2D eigenvalue weighted by atomic mass is 9.93. The van der Waals surface area contributed by atoms with E-state index in [-0.39, 0.29) is 22.4 Å². The number of hydrogen-bond donors (Lipinski definition) is 1. The topological polar surface area (TPSA) is 81.8 Å². The summed E-state index contributed by atoms with van der Waals surface area (Å²) >= 11 is 0. The highest BCUT2D eigenvalue weighted by molar-refractivity contribution is 5.53. The van der Waals surface area contributed by atoms with Crippen LogP contribution in [0.25, 0.3) is 0 Å². The Balaban J connectivity index is 2.42. The second-order valence-electron chi connectivity index (χ2n) is 5.62. The predicted octanol–water partition coefficient (Wildman–Crippen LogP) is 2.55. The van der Waals surface area contributed by atoms with Crippen LogP contribution in [0.4, 0.5) is 5.69 Å². The molecule has 1 aliphatic heterocycles. The fraction of sp³-hybridized carbons (Fsp3) is 0.538. The Bertz CT molecular complexity index is 502. The summed E-state index contributed by atoms with van der Waals surface area (Å²) in [7, 11) is 0. The maximum atomic E-state index is 11.1. The second-order valence-corrected chi connectivity index (χ2v) is 5.62. The number of para-hydroxylation sites is 1. The molecule has 1 N–H and O–H groups in total. The third-order valence-electron chi connectivity index (χ3n) is 3.16. The lowest BCUT2D eigenvalue weighted by Crippen LogP contribution is -2.43. The molecule has 1 fully saturated rings. The number of hydrogen-bond acceptors (Lipinski definition) is 5. The predicted molar refractivity (Wildman–Crippen MR) is 67.8 cm³/mol. The van der Waals surface area contributed by atoms with Crippen LogP contribution >= 0.6 is 0 Å². The first-order valence-corrected chi connectivity index (χ1v) is 6.00. The number of aromatic hydroxyl groups is 1. The van der Waals surface area contributed by atoms with Crippen LogP contribution in [0.15, 0.2) is 18.2 Å². The van der Waals surface area contributed by atoms with E-state index >= 15 is 0 Å². The van der Waals surface area contributed by atoms with Crippen molar-refractivity contribution in [3.05, 3.63) is 33.9 Å². The third-order valence-corrected chi connectivity index (χ3v) is 3.16. The smallest absolute Gasteiger partial charge is 0.319 e. The van der Waals surface area contributed by atoms with Crippen molar-refractivity contribution in [2.24, 2.45) is 5.41 Å². The molecule has 1 aromatic carbocycles. The molecule has 0 radical (unpaired) electrons. The molecule has 2 rings (SSSR count). The Labute approximate surface area is 111 Å². The van der Waals surface area contributed by atoms with Crippen molar-refractivity contribution < 1.29 is 19.5 Å². The minimum absolute atomic E-state index is 0.134. The van der Waals surface area contributed by atoms with Crippen LogP contribution in [0, 0.1) is 15.5 Å². The molecule has 6 nitrogen and oxygen atoms in total. The van der Waals surface area contributed by atoms with Gasteiger partial charge in [0.15, 0.2) is 11.5 Å². The number of benzene rings is 1. The van der Waals surface area contributed by atoms with E-state index < -0.39 is 10.7 Å². The molecule has 19 heavy (non-hydrogen) atoms. The average Bonchev–Trinajstić information content (AvgIpc) is 2.33. The highest BCUT2D eigenvalue weighted by atomic mass is 16.7. The Morgan fingerprint density at radius 2 is 1.84 bits per heavy atom. The molecule has 1 saturated heterocycles. The summed E-state index contributed by atoms with van der Waals surface area (Å²) in [4.78, 5) is 10.5. The Morgan fingerprint density at radius 3 is 2.37 bits per heavy atom. The first kappa shape index (κ1) is 13.8. The number of nitro benzene ring substituents is 1. The van der Waals surface area contributed by atoms with Crippen LogP contribution in [0.5, 0.6) is 5.75 Å². The number of phenolic OH excluding ortho intramolecular Hbond substituents is 1. The van der Waals surface area contributed by atoms with Gasteiger partial charge < -0.3 is 14.6 Å². The van der Waals surface area contributed by atoms with Gasteiger partial charge in [0, 0.05) is 5.41 Å². The van der Waals surface area contributed by atoms with Crippen LogP contribution in [0.2, 0.25) is 0 Å². The maximum Gasteiger partial charge on any atom is 0.319 e. The number of nitro groups is 1. The van der Waals surface area contributed by atoms with E-state index in [1.807, 2.05) is 13.8 Å². The largest absolute Gasteiger partial charge is 0.502 e. The molecule has 0 atom stereocenters. The molecule has 0 bridgehead atoms. The molecular formula is C13H17NO5. The highest BCUT2D eigenvalue weighted by Crippen LogP contribution is 2.42. The molecule has 6 heteroatoms. The van der Waals surface area contributed by atoms with Gasteiger partial charge in [-0.3, -0.25) is 10.1 Å². The van der Waals surface area contributed by atoms with Crippen LogP contribution in [-0.4, -0.2) is 23.2 Å². The molecule has 0 aliphatic carbocycles. The van der Waals surface area contributed by atoms with E-state index in [4.69, 9.17) is 9.47 Å². The molecule has 0 aromatic heterocycles. The van der Waals surface area contributed by atoms with Crippen molar-refractivity contribution in [1.82, 2.24) is 0 Å². The molecule has 0 spiro atoms. The molecule has 1 aliphatic rings. The van der Waals surface area contributed by atoms with Gasteiger partial charge in [0.1, 0.15) is 0 Å². The fourth-order valence-corrected chi connectivity index (χ4v) is 1.99. The van der Waals surface area contributed by atoms with Crippen molar-refractivity contribution in [2.45, 2.75) is 26.6 Å². The molecule has 0 saturated carbocycles. The average molecular weight is 267 g/mol. The minimum Gasteiger partial charge on any atom is -0.502 e. The fourth-order valence-electron chi connectivity index (χ4n) is 1.99. The summed E-state index contributed by atoms with van der Waals surface area (Å²) in [5.74, 6) is -1.60. The first-order valence-electron chi connectivity index (χ1n) is 6.00. The van der Waals surface area contributed by atoms with Crippen molar-refractivity contribution in [1.29, 1.82) is 0 Å². The summed E-state index contributed by atoms with van der Waals surface area (Å²) in [6, 6.07) is 4.35. The van der Waals surface area contributed by atoms with Crippen LogP contribution in [0.3, 0.4) is 0 Å².